The highest BCUT2D eigenvalue weighted by Crippen LogP contribution is 2.24. The van der Waals surface area contributed by atoms with Gasteiger partial charge in [-0.1, -0.05) is 0 Å². The normalized spacial score (nSPS) is 14.2. The van der Waals surface area contributed by atoms with Gasteiger partial charge < -0.3 is 9.64 Å². The maximum absolute atomic E-state index is 13.9. The Morgan fingerprint density at radius 2 is 1.72 bits per heavy atom. The number of piperidine rings is 1. The Hall–Kier alpha value is -3.29. The summed E-state index contributed by atoms with van der Waals surface area (Å²) in [5.74, 6) is -1.80. The molecule has 0 N–H and O–H groups in total. The van der Waals surface area contributed by atoms with Crippen LogP contribution in [0.25, 0.3) is 16.6 Å². The van der Waals surface area contributed by atoms with Crippen molar-refractivity contribution in [3.8, 4) is 5.69 Å². The fourth-order valence-electron chi connectivity index (χ4n) is 3.63. The van der Waals surface area contributed by atoms with Crippen molar-refractivity contribution in [3.63, 3.8) is 0 Å². The van der Waals surface area contributed by atoms with E-state index in [0.29, 0.717) is 24.6 Å². The van der Waals surface area contributed by atoms with Crippen molar-refractivity contribution in [1.29, 1.82) is 0 Å². The number of ether oxygens (including phenoxy) is 1. The van der Waals surface area contributed by atoms with Gasteiger partial charge in [-0.2, -0.15) is 0 Å². The van der Waals surface area contributed by atoms with Gasteiger partial charge in [0.05, 0.1) is 29.3 Å². The van der Waals surface area contributed by atoms with Crippen molar-refractivity contribution in [2.45, 2.75) is 19.3 Å². The number of nitrogens with zero attached hydrogens (tertiary/aromatic N) is 3. The van der Waals surface area contributed by atoms with E-state index in [9.17, 15) is 18.4 Å². The van der Waals surface area contributed by atoms with Crippen molar-refractivity contribution >= 4 is 22.8 Å². The average Bonchev–Trinajstić information content (AvgIpc) is 2.72. The van der Waals surface area contributed by atoms with Crippen LogP contribution < -0.4 is 10.5 Å². The lowest BCUT2D eigenvalue weighted by Crippen LogP contribution is -2.36. The Morgan fingerprint density at radius 1 is 1.03 bits per heavy atom. The third-order valence-corrected chi connectivity index (χ3v) is 5.02. The first kappa shape index (κ1) is 19.0. The second-order valence-corrected chi connectivity index (χ2v) is 6.95. The molecule has 0 saturated carbocycles. The maximum Gasteiger partial charge on any atom is 0.337 e. The Balaban J connectivity index is 2.00. The first-order valence-corrected chi connectivity index (χ1v) is 9.34. The summed E-state index contributed by atoms with van der Waals surface area (Å²) in [4.78, 5) is 31.7. The van der Waals surface area contributed by atoms with Gasteiger partial charge in [0.2, 0.25) is 5.95 Å². The van der Waals surface area contributed by atoms with Crippen LogP contribution in [0, 0.1) is 11.6 Å². The monoisotopic (exact) mass is 399 g/mol. The minimum atomic E-state index is -0.780. The van der Waals surface area contributed by atoms with Crippen LogP contribution in [0.3, 0.4) is 0 Å². The van der Waals surface area contributed by atoms with Crippen LogP contribution in [0.1, 0.15) is 29.6 Å². The van der Waals surface area contributed by atoms with Crippen molar-refractivity contribution in [2.24, 2.45) is 0 Å². The second-order valence-electron chi connectivity index (χ2n) is 6.95. The topological polar surface area (TPSA) is 64.4 Å². The lowest BCUT2D eigenvalue weighted by atomic mass is 10.1. The highest BCUT2D eigenvalue weighted by molar-refractivity contribution is 5.94. The van der Waals surface area contributed by atoms with E-state index < -0.39 is 23.2 Å². The number of anilines is 1. The summed E-state index contributed by atoms with van der Waals surface area (Å²) in [6, 6.07) is 7.40. The predicted octanol–water partition coefficient (Wildman–Crippen LogP) is 3.44. The zero-order chi connectivity index (χ0) is 20.5. The lowest BCUT2D eigenvalue weighted by molar-refractivity contribution is 0.0601. The third kappa shape index (κ3) is 3.57. The molecule has 6 nitrogen and oxygen atoms in total. The largest absolute Gasteiger partial charge is 0.465 e. The summed E-state index contributed by atoms with van der Waals surface area (Å²) in [5, 5.41) is 0.239. The molecule has 0 aliphatic carbocycles. The molecule has 8 heteroatoms. The van der Waals surface area contributed by atoms with Crippen molar-refractivity contribution in [1.82, 2.24) is 9.55 Å². The molecule has 0 atom stereocenters. The Labute approximate surface area is 165 Å². The van der Waals surface area contributed by atoms with Gasteiger partial charge in [-0.15, -0.1) is 0 Å². The van der Waals surface area contributed by atoms with Crippen LogP contribution in [-0.4, -0.2) is 35.7 Å². The van der Waals surface area contributed by atoms with Crippen molar-refractivity contribution in [3.05, 3.63) is 63.9 Å². The van der Waals surface area contributed by atoms with E-state index in [1.807, 2.05) is 4.90 Å². The molecule has 3 aromatic rings. The number of esters is 1. The van der Waals surface area contributed by atoms with Gasteiger partial charge in [-0.05, 0) is 49.6 Å². The van der Waals surface area contributed by atoms with E-state index in [0.717, 1.165) is 37.5 Å². The van der Waals surface area contributed by atoms with E-state index in [4.69, 9.17) is 4.74 Å². The maximum atomic E-state index is 13.9. The van der Waals surface area contributed by atoms with Crippen LogP contribution in [-0.2, 0) is 4.74 Å². The van der Waals surface area contributed by atoms with Crippen LogP contribution in [0.15, 0.2) is 41.2 Å². The molecule has 2 aromatic carbocycles. The standard InChI is InChI=1S/C21H19F2N3O3/c1-29-20(28)13-5-6-17-18(9-13)24-21(25-7-3-2-4-8-25)26(19(17)27)16-11-14(22)10-15(23)12-16/h5-6,9-12H,2-4,7-8H2,1H3. The Morgan fingerprint density at radius 3 is 2.38 bits per heavy atom. The van der Waals surface area contributed by atoms with Gasteiger partial charge >= 0.3 is 5.97 Å². The minimum absolute atomic E-state index is 0.0690. The van der Waals surface area contributed by atoms with E-state index in [1.54, 1.807) is 0 Å². The highest BCUT2D eigenvalue weighted by Gasteiger charge is 2.21. The number of rotatable bonds is 3. The van der Waals surface area contributed by atoms with Gasteiger partial charge in [0.15, 0.2) is 0 Å². The number of carbonyl (C=O) groups is 1. The average molecular weight is 399 g/mol. The SMILES string of the molecule is COC(=O)c1ccc2c(=O)n(-c3cc(F)cc(F)c3)c(N3CCCCC3)nc2c1. The summed E-state index contributed by atoms with van der Waals surface area (Å²) < 4.78 is 33.7. The zero-order valence-electron chi connectivity index (χ0n) is 15.8. The first-order valence-electron chi connectivity index (χ1n) is 9.34. The fraction of sp³-hybridized carbons (Fsp3) is 0.286. The summed E-state index contributed by atoms with van der Waals surface area (Å²) in [6.45, 7) is 1.35. The smallest absolute Gasteiger partial charge is 0.337 e. The molecular formula is C21H19F2N3O3. The molecule has 150 valence electrons. The molecule has 0 radical (unpaired) electrons. The molecule has 1 aliphatic heterocycles. The molecule has 2 heterocycles. The molecule has 1 saturated heterocycles. The Kier molecular flexibility index (Phi) is 5.00. The predicted molar refractivity (Wildman–Crippen MR) is 105 cm³/mol. The first-order chi connectivity index (χ1) is 14.0. The van der Waals surface area contributed by atoms with Crippen LogP contribution in [0.2, 0.25) is 0 Å². The quantitative estimate of drug-likeness (QED) is 0.632. The van der Waals surface area contributed by atoms with Crippen LogP contribution in [0.5, 0.6) is 0 Å². The molecule has 0 spiro atoms. The van der Waals surface area contributed by atoms with Crippen LogP contribution >= 0.6 is 0 Å². The van der Waals surface area contributed by atoms with Gasteiger partial charge in [-0.3, -0.25) is 4.79 Å². The number of hydrogen-bond acceptors (Lipinski definition) is 5. The fourth-order valence-corrected chi connectivity index (χ4v) is 3.63. The molecule has 0 bridgehead atoms. The molecule has 4 rings (SSSR count). The van der Waals surface area contributed by atoms with E-state index in [2.05, 4.69) is 4.98 Å². The molecule has 1 aliphatic rings. The number of benzene rings is 2. The van der Waals surface area contributed by atoms with Crippen molar-refractivity contribution < 1.29 is 18.3 Å². The minimum Gasteiger partial charge on any atom is -0.465 e. The number of aromatic nitrogens is 2. The zero-order valence-corrected chi connectivity index (χ0v) is 15.8. The number of methoxy groups -OCH3 is 1. The van der Waals surface area contributed by atoms with E-state index in [-0.39, 0.29) is 16.6 Å². The summed E-state index contributed by atoms with van der Waals surface area (Å²) in [5.41, 5.74) is 0.203. The number of carbonyl (C=O) groups excluding carboxylic acids is 1. The molecule has 1 aromatic heterocycles. The summed E-state index contributed by atoms with van der Waals surface area (Å²) >= 11 is 0. The number of halogens is 2. The third-order valence-electron chi connectivity index (χ3n) is 5.02. The number of hydrogen-bond donors (Lipinski definition) is 0. The highest BCUT2D eigenvalue weighted by atomic mass is 19.1. The Bertz CT molecular complexity index is 1130. The molecule has 0 unspecified atom stereocenters. The second kappa shape index (κ2) is 7.62. The molecular weight excluding hydrogens is 380 g/mol. The van der Waals surface area contributed by atoms with Gasteiger partial charge in [-0.25, -0.2) is 23.1 Å². The summed E-state index contributed by atoms with van der Waals surface area (Å²) in [7, 11) is 1.27. The molecule has 1 fully saturated rings. The molecule has 29 heavy (non-hydrogen) atoms. The van der Waals surface area contributed by atoms with Gasteiger partial charge in [0.25, 0.3) is 5.56 Å². The van der Waals surface area contributed by atoms with E-state index >= 15 is 0 Å². The van der Waals surface area contributed by atoms with Crippen molar-refractivity contribution in [2.75, 3.05) is 25.1 Å². The number of fused-ring (bicyclic) bond motifs is 1. The summed E-state index contributed by atoms with van der Waals surface area (Å²) in [6.07, 6.45) is 2.91. The van der Waals surface area contributed by atoms with Gasteiger partial charge in [0.1, 0.15) is 11.6 Å². The van der Waals surface area contributed by atoms with Gasteiger partial charge in [0, 0.05) is 19.2 Å². The molecule has 0 amide bonds. The van der Waals surface area contributed by atoms with E-state index in [1.165, 1.54) is 29.9 Å². The lowest BCUT2D eigenvalue weighted by Gasteiger charge is -2.30. The van der Waals surface area contributed by atoms with Crippen LogP contribution in [0.4, 0.5) is 14.7 Å².